The molecule has 2 heterocycles. The Balaban J connectivity index is 1.87. The SMILES string of the molecule is CCn1c(NC(=O)Cc2c(C)n[nH]c2C)nc2cc(F)ccc21. The van der Waals surface area contributed by atoms with Crippen molar-refractivity contribution in [3.05, 3.63) is 41.0 Å². The van der Waals surface area contributed by atoms with E-state index in [1.165, 1.54) is 12.1 Å². The molecule has 0 aliphatic rings. The lowest BCUT2D eigenvalue weighted by atomic mass is 10.1. The van der Waals surface area contributed by atoms with Crippen molar-refractivity contribution >= 4 is 22.9 Å². The van der Waals surface area contributed by atoms with Gasteiger partial charge in [0.15, 0.2) is 0 Å². The predicted molar refractivity (Wildman–Crippen MR) is 85.8 cm³/mol. The molecule has 6 nitrogen and oxygen atoms in total. The molecule has 23 heavy (non-hydrogen) atoms. The van der Waals surface area contributed by atoms with Gasteiger partial charge in [-0.15, -0.1) is 0 Å². The second-order valence-electron chi connectivity index (χ2n) is 5.45. The molecule has 2 N–H and O–H groups in total. The van der Waals surface area contributed by atoms with Crippen molar-refractivity contribution in [1.82, 2.24) is 19.7 Å². The van der Waals surface area contributed by atoms with Crippen LogP contribution in [0.15, 0.2) is 18.2 Å². The van der Waals surface area contributed by atoms with E-state index < -0.39 is 0 Å². The zero-order valence-electron chi connectivity index (χ0n) is 13.3. The van der Waals surface area contributed by atoms with Crippen LogP contribution >= 0.6 is 0 Å². The highest BCUT2D eigenvalue weighted by molar-refractivity contribution is 5.93. The van der Waals surface area contributed by atoms with Gasteiger partial charge in [0.1, 0.15) is 5.82 Å². The normalized spacial score (nSPS) is 11.1. The summed E-state index contributed by atoms with van der Waals surface area (Å²) in [5, 5.41) is 9.76. The Morgan fingerprint density at radius 2 is 2.17 bits per heavy atom. The monoisotopic (exact) mass is 315 g/mol. The third kappa shape index (κ3) is 2.81. The highest BCUT2D eigenvalue weighted by Crippen LogP contribution is 2.21. The van der Waals surface area contributed by atoms with Crippen molar-refractivity contribution in [3.63, 3.8) is 0 Å². The number of carbonyl (C=O) groups excluding carboxylic acids is 1. The van der Waals surface area contributed by atoms with Crippen molar-refractivity contribution in [2.75, 3.05) is 5.32 Å². The Bertz CT molecular complexity index is 861. The van der Waals surface area contributed by atoms with Gasteiger partial charge in [0, 0.05) is 23.9 Å². The molecule has 0 radical (unpaired) electrons. The minimum absolute atomic E-state index is 0.178. The van der Waals surface area contributed by atoms with E-state index in [4.69, 9.17) is 0 Å². The first-order valence-corrected chi connectivity index (χ1v) is 7.45. The number of rotatable bonds is 4. The maximum Gasteiger partial charge on any atom is 0.231 e. The Labute approximate surface area is 132 Å². The first-order valence-electron chi connectivity index (χ1n) is 7.45. The molecule has 1 aromatic carbocycles. The summed E-state index contributed by atoms with van der Waals surface area (Å²) in [6.45, 7) is 6.31. The van der Waals surface area contributed by atoms with Crippen molar-refractivity contribution < 1.29 is 9.18 Å². The second kappa shape index (κ2) is 5.83. The lowest BCUT2D eigenvalue weighted by Crippen LogP contribution is -2.18. The first kappa shape index (κ1) is 15.2. The fourth-order valence-corrected chi connectivity index (χ4v) is 2.68. The molecule has 0 unspecified atom stereocenters. The topological polar surface area (TPSA) is 75.6 Å². The number of carbonyl (C=O) groups is 1. The number of aryl methyl sites for hydroxylation is 3. The summed E-state index contributed by atoms with van der Waals surface area (Å²) in [5.74, 6) is -0.0965. The van der Waals surface area contributed by atoms with Crippen molar-refractivity contribution in [3.8, 4) is 0 Å². The Morgan fingerprint density at radius 1 is 1.39 bits per heavy atom. The van der Waals surface area contributed by atoms with Crippen molar-refractivity contribution in [2.45, 2.75) is 33.7 Å². The molecular formula is C16H18FN5O. The third-order valence-corrected chi connectivity index (χ3v) is 3.90. The standard InChI is InChI=1S/C16H18FN5O/c1-4-22-14-6-5-11(17)7-13(14)18-16(22)19-15(23)8-12-9(2)20-21-10(12)3/h5-7H,4,8H2,1-3H3,(H,20,21)(H,18,19,23). The summed E-state index contributed by atoms with van der Waals surface area (Å²) in [6.07, 6.45) is 0.218. The van der Waals surface area contributed by atoms with Crippen LogP contribution in [-0.2, 0) is 17.8 Å². The molecule has 7 heteroatoms. The summed E-state index contributed by atoms with van der Waals surface area (Å²) < 4.78 is 15.2. The fourth-order valence-electron chi connectivity index (χ4n) is 2.68. The van der Waals surface area contributed by atoms with Crippen LogP contribution in [0.4, 0.5) is 10.3 Å². The summed E-state index contributed by atoms with van der Waals surface area (Å²) in [7, 11) is 0. The molecule has 3 aromatic rings. The molecule has 120 valence electrons. The van der Waals surface area contributed by atoms with Crippen LogP contribution < -0.4 is 5.32 Å². The van der Waals surface area contributed by atoms with E-state index >= 15 is 0 Å². The molecule has 0 aliphatic heterocycles. The van der Waals surface area contributed by atoms with E-state index in [1.54, 1.807) is 6.07 Å². The number of aromatic nitrogens is 4. The zero-order chi connectivity index (χ0) is 16.6. The number of benzene rings is 1. The van der Waals surface area contributed by atoms with Gasteiger partial charge in [-0.2, -0.15) is 5.10 Å². The van der Waals surface area contributed by atoms with Gasteiger partial charge >= 0.3 is 0 Å². The number of hydrogen-bond acceptors (Lipinski definition) is 3. The number of nitrogens with one attached hydrogen (secondary N) is 2. The van der Waals surface area contributed by atoms with Crippen LogP contribution in [-0.4, -0.2) is 25.7 Å². The molecule has 0 saturated heterocycles. The number of amides is 1. The van der Waals surface area contributed by atoms with Crippen molar-refractivity contribution in [1.29, 1.82) is 0 Å². The average molecular weight is 315 g/mol. The summed E-state index contributed by atoms with van der Waals surface area (Å²) in [4.78, 5) is 16.6. The Kier molecular flexibility index (Phi) is 3.85. The number of nitrogens with zero attached hydrogens (tertiary/aromatic N) is 3. The molecule has 2 aromatic heterocycles. The van der Waals surface area contributed by atoms with Gasteiger partial charge in [0.25, 0.3) is 0 Å². The maximum atomic E-state index is 13.3. The van der Waals surface area contributed by atoms with E-state index in [0.717, 1.165) is 22.5 Å². The summed E-state index contributed by atoms with van der Waals surface area (Å²) in [5.41, 5.74) is 3.89. The molecule has 0 saturated carbocycles. The minimum Gasteiger partial charge on any atom is -0.310 e. The smallest absolute Gasteiger partial charge is 0.231 e. The van der Waals surface area contributed by atoms with E-state index in [1.807, 2.05) is 25.3 Å². The largest absolute Gasteiger partial charge is 0.310 e. The number of fused-ring (bicyclic) bond motifs is 1. The molecule has 0 atom stereocenters. The second-order valence-corrected chi connectivity index (χ2v) is 5.45. The van der Waals surface area contributed by atoms with Crippen LogP contribution in [0.5, 0.6) is 0 Å². The van der Waals surface area contributed by atoms with Crippen LogP contribution in [0.1, 0.15) is 23.9 Å². The minimum atomic E-state index is -0.347. The van der Waals surface area contributed by atoms with Crippen LogP contribution in [0.2, 0.25) is 0 Å². The van der Waals surface area contributed by atoms with Gasteiger partial charge in [0.05, 0.1) is 23.1 Å². The number of anilines is 1. The van der Waals surface area contributed by atoms with E-state index in [-0.39, 0.29) is 18.1 Å². The zero-order valence-corrected chi connectivity index (χ0v) is 13.3. The highest BCUT2D eigenvalue weighted by Gasteiger charge is 2.15. The summed E-state index contributed by atoms with van der Waals surface area (Å²) in [6, 6.07) is 4.42. The number of hydrogen-bond donors (Lipinski definition) is 2. The van der Waals surface area contributed by atoms with Crippen molar-refractivity contribution in [2.24, 2.45) is 0 Å². The molecular weight excluding hydrogens is 297 g/mol. The fraction of sp³-hybridized carbons (Fsp3) is 0.312. The van der Waals surface area contributed by atoms with Gasteiger partial charge in [-0.1, -0.05) is 0 Å². The van der Waals surface area contributed by atoms with Gasteiger partial charge in [-0.3, -0.25) is 15.2 Å². The molecule has 0 bridgehead atoms. The Hall–Kier alpha value is -2.70. The van der Waals surface area contributed by atoms with Crippen LogP contribution in [0.3, 0.4) is 0 Å². The lowest BCUT2D eigenvalue weighted by molar-refractivity contribution is -0.115. The third-order valence-electron chi connectivity index (χ3n) is 3.90. The number of halogens is 1. The summed E-state index contributed by atoms with van der Waals surface area (Å²) >= 11 is 0. The first-order chi connectivity index (χ1) is 11.0. The number of imidazole rings is 1. The van der Waals surface area contributed by atoms with E-state index in [2.05, 4.69) is 20.5 Å². The molecule has 0 aliphatic carbocycles. The van der Waals surface area contributed by atoms with E-state index in [9.17, 15) is 9.18 Å². The molecule has 1 amide bonds. The van der Waals surface area contributed by atoms with Gasteiger partial charge in [0.2, 0.25) is 11.9 Å². The predicted octanol–water partition coefficient (Wildman–Crippen LogP) is 2.72. The maximum absolute atomic E-state index is 13.3. The lowest BCUT2D eigenvalue weighted by Gasteiger charge is -2.07. The van der Waals surface area contributed by atoms with Crippen LogP contribution in [0.25, 0.3) is 11.0 Å². The van der Waals surface area contributed by atoms with Crippen LogP contribution in [0, 0.1) is 19.7 Å². The Morgan fingerprint density at radius 3 is 2.83 bits per heavy atom. The molecule has 3 rings (SSSR count). The van der Waals surface area contributed by atoms with Gasteiger partial charge in [-0.25, -0.2) is 9.37 Å². The molecule has 0 fully saturated rings. The number of H-pyrrole nitrogens is 1. The quantitative estimate of drug-likeness (QED) is 0.777. The average Bonchev–Trinajstić information content (AvgIpc) is 3.00. The highest BCUT2D eigenvalue weighted by atomic mass is 19.1. The van der Waals surface area contributed by atoms with E-state index in [0.29, 0.717) is 18.0 Å². The molecule has 0 spiro atoms. The number of aromatic amines is 1. The van der Waals surface area contributed by atoms with Gasteiger partial charge in [-0.05, 0) is 32.9 Å². The van der Waals surface area contributed by atoms with Gasteiger partial charge < -0.3 is 4.57 Å².